The van der Waals surface area contributed by atoms with Crippen LogP contribution >= 0.6 is 0 Å². The van der Waals surface area contributed by atoms with Crippen LogP contribution in [0.3, 0.4) is 0 Å². The molecule has 0 aliphatic rings. The van der Waals surface area contributed by atoms with E-state index in [0.29, 0.717) is 18.7 Å². The molecule has 0 fully saturated rings. The minimum absolute atomic E-state index is 0.0291. The normalized spacial score (nSPS) is 10.5. The highest BCUT2D eigenvalue weighted by Gasteiger charge is 2.02. The van der Waals surface area contributed by atoms with Gasteiger partial charge in [0, 0.05) is 24.7 Å². The average molecular weight is 247 g/mol. The quantitative estimate of drug-likeness (QED) is 0.778. The monoisotopic (exact) mass is 247 g/mol. The Hall–Kier alpha value is -2.07. The molecule has 0 saturated carbocycles. The Morgan fingerprint density at radius 1 is 1.00 bits per heavy atom. The first-order valence-corrected chi connectivity index (χ1v) is 5.61. The van der Waals surface area contributed by atoms with Crippen molar-refractivity contribution in [3.63, 3.8) is 0 Å². The van der Waals surface area contributed by atoms with Crippen LogP contribution in [-0.4, -0.2) is 10.2 Å². The molecule has 4 heteroatoms. The molecule has 3 N–H and O–H groups in total. The minimum Gasteiger partial charge on any atom is -0.508 e. The van der Waals surface area contributed by atoms with Gasteiger partial charge in [-0.05, 0) is 23.8 Å². The Balaban J connectivity index is 1.92. The van der Waals surface area contributed by atoms with Gasteiger partial charge in [0.2, 0.25) is 0 Å². The van der Waals surface area contributed by atoms with E-state index >= 15 is 0 Å². The molecule has 2 rings (SSSR count). The van der Waals surface area contributed by atoms with Gasteiger partial charge >= 0.3 is 0 Å². The van der Waals surface area contributed by atoms with Crippen LogP contribution in [-0.2, 0) is 13.1 Å². The van der Waals surface area contributed by atoms with E-state index in [4.69, 9.17) is 5.11 Å². The van der Waals surface area contributed by atoms with Gasteiger partial charge in [0.1, 0.15) is 17.3 Å². The van der Waals surface area contributed by atoms with Crippen LogP contribution in [0.1, 0.15) is 11.1 Å². The smallest absolute Gasteiger partial charge is 0.123 e. The number of nitrogens with one attached hydrogen (secondary N) is 1. The molecule has 0 atom stereocenters. The maximum absolute atomic E-state index is 12.9. The van der Waals surface area contributed by atoms with E-state index in [1.54, 1.807) is 12.1 Å². The highest BCUT2D eigenvalue weighted by atomic mass is 19.1. The maximum Gasteiger partial charge on any atom is 0.123 e. The number of rotatable bonds is 4. The molecule has 0 saturated heterocycles. The van der Waals surface area contributed by atoms with E-state index < -0.39 is 0 Å². The van der Waals surface area contributed by atoms with Gasteiger partial charge in [0.15, 0.2) is 0 Å². The molecular formula is C14H14FNO2. The predicted octanol–water partition coefficient (Wildman–Crippen LogP) is 2.53. The number of hydrogen-bond donors (Lipinski definition) is 3. The van der Waals surface area contributed by atoms with Gasteiger partial charge in [0.05, 0.1) is 0 Å². The van der Waals surface area contributed by atoms with E-state index in [2.05, 4.69) is 5.32 Å². The second-order valence-corrected chi connectivity index (χ2v) is 4.05. The molecule has 0 aromatic heterocycles. The van der Waals surface area contributed by atoms with Crippen molar-refractivity contribution in [3.8, 4) is 11.5 Å². The van der Waals surface area contributed by atoms with Crippen LogP contribution in [0.15, 0.2) is 42.5 Å². The fourth-order valence-corrected chi connectivity index (χ4v) is 1.69. The van der Waals surface area contributed by atoms with Gasteiger partial charge in [0.25, 0.3) is 0 Å². The Morgan fingerprint density at radius 3 is 2.56 bits per heavy atom. The number of phenolic OH excluding ortho intramolecular Hbond substituents is 2. The summed E-state index contributed by atoms with van der Waals surface area (Å²) in [5, 5.41) is 21.8. The molecule has 0 heterocycles. The Labute approximate surface area is 105 Å². The van der Waals surface area contributed by atoms with E-state index in [-0.39, 0.29) is 17.3 Å². The third-order valence-electron chi connectivity index (χ3n) is 2.60. The van der Waals surface area contributed by atoms with Crippen molar-refractivity contribution < 1.29 is 14.6 Å². The highest BCUT2D eigenvalue weighted by molar-refractivity contribution is 5.38. The van der Waals surface area contributed by atoms with Crippen LogP contribution in [0.25, 0.3) is 0 Å². The summed E-state index contributed by atoms with van der Waals surface area (Å²) in [6.45, 7) is 0.959. The van der Waals surface area contributed by atoms with Crippen molar-refractivity contribution in [3.05, 3.63) is 59.4 Å². The second kappa shape index (κ2) is 5.51. The Kier molecular flexibility index (Phi) is 3.79. The second-order valence-electron chi connectivity index (χ2n) is 4.05. The molecule has 0 aliphatic carbocycles. The van der Waals surface area contributed by atoms with Gasteiger partial charge in [-0.3, -0.25) is 0 Å². The molecular weight excluding hydrogens is 233 g/mol. The zero-order valence-electron chi connectivity index (χ0n) is 9.73. The van der Waals surface area contributed by atoms with Crippen molar-refractivity contribution in [1.29, 1.82) is 0 Å². The number of halogens is 1. The predicted molar refractivity (Wildman–Crippen MR) is 66.7 cm³/mol. The van der Waals surface area contributed by atoms with E-state index in [1.807, 2.05) is 6.07 Å². The van der Waals surface area contributed by atoms with Crippen LogP contribution in [0.4, 0.5) is 4.39 Å². The van der Waals surface area contributed by atoms with Crippen molar-refractivity contribution in [2.24, 2.45) is 0 Å². The maximum atomic E-state index is 12.9. The largest absolute Gasteiger partial charge is 0.508 e. The lowest BCUT2D eigenvalue weighted by Gasteiger charge is -2.07. The van der Waals surface area contributed by atoms with Crippen molar-refractivity contribution in [2.75, 3.05) is 0 Å². The molecule has 0 aliphatic heterocycles. The molecule has 0 amide bonds. The highest BCUT2D eigenvalue weighted by Crippen LogP contribution is 2.22. The molecule has 3 nitrogen and oxygen atoms in total. The molecule has 18 heavy (non-hydrogen) atoms. The Morgan fingerprint density at radius 2 is 1.83 bits per heavy atom. The van der Waals surface area contributed by atoms with Crippen LogP contribution in [0.5, 0.6) is 11.5 Å². The molecule has 0 radical (unpaired) electrons. The molecule has 0 bridgehead atoms. The van der Waals surface area contributed by atoms with Crippen molar-refractivity contribution >= 4 is 0 Å². The SMILES string of the molecule is Oc1ccc(CNCc2cccc(F)c2)c(O)c1. The summed E-state index contributed by atoms with van der Waals surface area (Å²) in [4.78, 5) is 0. The average Bonchev–Trinajstić information content (AvgIpc) is 2.32. The van der Waals surface area contributed by atoms with Crippen molar-refractivity contribution in [2.45, 2.75) is 13.1 Å². The molecule has 0 spiro atoms. The van der Waals surface area contributed by atoms with E-state index in [9.17, 15) is 9.50 Å². The first-order valence-electron chi connectivity index (χ1n) is 5.61. The fraction of sp³-hybridized carbons (Fsp3) is 0.143. The van der Waals surface area contributed by atoms with Crippen LogP contribution in [0.2, 0.25) is 0 Å². The summed E-state index contributed by atoms with van der Waals surface area (Å²) < 4.78 is 12.9. The van der Waals surface area contributed by atoms with Gasteiger partial charge in [-0.2, -0.15) is 0 Å². The zero-order chi connectivity index (χ0) is 13.0. The fourth-order valence-electron chi connectivity index (χ4n) is 1.69. The lowest BCUT2D eigenvalue weighted by Crippen LogP contribution is -2.12. The van der Waals surface area contributed by atoms with Gasteiger partial charge < -0.3 is 15.5 Å². The number of aromatic hydroxyl groups is 2. The summed E-state index contributed by atoms with van der Waals surface area (Å²) in [6.07, 6.45) is 0. The molecule has 2 aromatic carbocycles. The lowest BCUT2D eigenvalue weighted by atomic mass is 10.1. The molecule has 94 valence electrons. The summed E-state index contributed by atoms with van der Waals surface area (Å²) >= 11 is 0. The topological polar surface area (TPSA) is 52.5 Å². The number of benzene rings is 2. The summed E-state index contributed by atoms with van der Waals surface area (Å²) in [5.41, 5.74) is 1.53. The van der Waals surface area contributed by atoms with E-state index in [1.165, 1.54) is 24.3 Å². The van der Waals surface area contributed by atoms with Gasteiger partial charge in [-0.1, -0.05) is 18.2 Å². The van der Waals surface area contributed by atoms with Gasteiger partial charge in [-0.25, -0.2) is 4.39 Å². The summed E-state index contributed by atoms with van der Waals surface area (Å²) in [7, 11) is 0. The van der Waals surface area contributed by atoms with Crippen LogP contribution < -0.4 is 5.32 Å². The van der Waals surface area contributed by atoms with Crippen molar-refractivity contribution in [1.82, 2.24) is 5.32 Å². The van der Waals surface area contributed by atoms with Gasteiger partial charge in [-0.15, -0.1) is 0 Å². The van der Waals surface area contributed by atoms with E-state index in [0.717, 1.165) is 5.56 Å². The number of phenols is 2. The standard InChI is InChI=1S/C14H14FNO2/c15-12-3-1-2-10(6-12)8-16-9-11-4-5-13(17)7-14(11)18/h1-7,16-18H,8-9H2. The zero-order valence-corrected chi connectivity index (χ0v) is 9.73. The summed E-state index contributed by atoms with van der Waals surface area (Å²) in [5.74, 6) is -0.190. The first-order chi connectivity index (χ1) is 8.65. The lowest BCUT2D eigenvalue weighted by molar-refractivity contribution is 0.443. The third kappa shape index (κ3) is 3.21. The molecule has 0 unspecified atom stereocenters. The third-order valence-corrected chi connectivity index (χ3v) is 2.60. The molecule has 2 aromatic rings. The number of hydrogen-bond acceptors (Lipinski definition) is 3. The summed E-state index contributed by atoms with van der Waals surface area (Å²) in [6, 6.07) is 10.8. The Bertz CT molecular complexity index is 543. The van der Waals surface area contributed by atoms with Crippen LogP contribution in [0, 0.1) is 5.82 Å². The minimum atomic E-state index is -0.262. The first kappa shape index (κ1) is 12.4.